The zero-order valence-electron chi connectivity index (χ0n) is 9.30. The van der Waals surface area contributed by atoms with Crippen molar-refractivity contribution in [3.8, 4) is 11.5 Å². The number of nitrogens with one attached hydrogen (secondary N) is 1. The van der Waals surface area contributed by atoms with Crippen LogP contribution in [0.3, 0.4) is 0 Å². The van der Waals surface area contributed by atoms with Gasteiger partial charge in [0, 0.05) is 12.0 Å². The van der Waals surface area contributed by atoms with Crippen LogP contribution in [0, 0.1) is 0 Å². The van der Waals surface area contributed by atoms with Crippen LogP contribution in [0.15, 0.2) is 12.1 Å². The molecule has 3 heteroatoms. The van der Waals surface area contributed by atoms with E-state index < -0.39 is 0 Å². The molecule has 1 N–H and O–H groups in total. The number of hydrogen-bond acceptors (Lipinski definition) is 3. The minimum Gasteiger partial charge on any atom is -0.493 e. The predicted molar refractivity (Wildman–Crippen MR) is 59.8 cm³/mol. The van der Waals surface area contributed by atoms with E-state index in [0.717, 1.165) is 37.5 Å². The van der Waals surface area contributed by atoms with Crippen molar-refractivity contribution >= 4 is 0 Å². The van der Waals surface area contributed by atoms with Gasteiger partial charge in [0.05, 0.1) is 13.7 Å². The predicted octanol–water partition coefficient (Wildman–Crippen LogP) is 1.39. The van der Waals surface area contributed by atoms with Gasteiger partial charge in [0.2, 0.25) is 0 Å². The highest BCUT2D eigenvalue weighted by atomic mass is 16.5. The Kier molecular flexibility index (Phi) is 3.11. The van der Waals surface area contributed by atoms with Crippen molar-refractivity contribution < 1.29 is 9.47 Å². The molecule has 1 aromatic carbocycles. The maximum Gasteiger partial charge on any atom is 0.164 e. The van der Waals surface area contributed by atoms with Gasteiger partial charge in [-0.05, 0) is 25.6 Å². The Morgan fingerprint density at radius 2 is 2.33 bits per heavy atom. The Labute approximate surface area is 90.4 Å². The van der Waals surface area contributed by atoms with Crippen molar-refractivity contribution in [2.24, 2.45) is 0 Å². The summed E-state index contributed by atoms with van der Waals surface area (Å²) in [6, 6.07) is 4.29. The third-order valence-electron chi connectivity index (χ3n) is 2.74. The molecule has 1 heterocycles. The Bertz CT molecular complexity index is 350. The van der Waals surface area contributed by atoms with Crippen LogP contribution in [0.25, 0.3) is 0 Å². The van der Waals surface area contributed by atoms with Gasteiger partial charge in [-0.2, -0.15) is 0 Å². The van der Waals surface area contributed by atoms with Crippen molar-refractivity contribution in [1.82, 2.24) is 5.32 Å². The minimum atomic E-state index is 0.779. The minimum absolute atomic E-state index is 0.779. The number of fused-ring (bicyclic) bond motifs is 1. The lowest BCUT2D eigenvalue weighted by molar-refractivity contribution is 0.324. The average Bonchev–Trinajstić information content (AvgIpc) is 2.73. The summed E-state index contributed by atoms with van der Waals surface area (Å²) in [5, 5.41) is 3.14. The second-order valence-corrected chi connectivity index (χ2v) is 3.70. The second-order valence-electron chi connectivity index (χ2n) is 3.70. The number of hydrogen-bond donors (Lipinski definition) is 1. The highest BCUT2D eigenvalue weighted by Gasteiger charge is 2.19. The van der Waals surface area contributed by atoms with Crippen molar-refractivity contribution in [1.29, 1.82) is 0 Å². The standard InChI is InChI=1S/C12H17NO2/c1-13-7-5-9-3-4-10-6-8-15-12(10)11(9)14-2/h3-4,13H,5-8H2,1-2H3. The van der Waals surface area contributed by atoms with Crippen molar-refractivity contribution in [3.05, 3.63) is 23.3 Å². The molecule has 3 nitrogen and oxygen atoms in total. The maximum absolute atomic E-state index is 5.60. The molecule has 0 amide bonds. The third kappa shape index (κ3) is 1.92. The van der Waals surface area contributed by atoms with Gasteiger partial charge in [-0.1, -0.05) is 12.1 Å². The zero-order chi connectivity index (χ0) is 10.7. The molecule has 1 aliphatic rings. The molecule has 0 saturated carbocycles. The summed E-state index contributed by atoms with van der Waals surface area (Å²) >= 11 is 0. The summed E-state index contributed by atoms with van der Waals surface area (Å²) in [5.41, 5.74) is 2.48. The summed E-state index contributed by atoms with van der Waals surface area (Å²) in [6.45, 7) is 1.73. The largest absolute Gasteiger partial charge is 0.493 e. The van der Waals surface area contributed by atoms with Crippen LogP contribution in [0.4, 0.5) is 0 Å². The maximum atomic E-state index is 5.60. The fourth-order valence-electron chi connectivity index (χ4n) is 1.94. The summed E-state index contributed by atoms with van der Waals surface area (Å²) in [4.78, 5) is 0. The topological polar surface area (TPSA) is 30.5 Å². The van der Waals surface area contributed by atoms with Crippen molar-refractivity contribution in [2.75, 3.05) is 27.3 Å². The van der Waals surface area contributed by atoms with Gasteiger partial charge in [0.1, 0.15) is 0 Å². The van der Waals surface area contributed by atoms with Crippen LogP contribution in [-0.2, 0) is 12.8 Å². The summed E-state index contributed by atoms with van der Waals surface area (Å²) < 4.78 is 11.0. The summed E-state index contributed by atoms with van der Waals surface area (Å²) in [6.07, 6.45) is 1.97. The van der Waals surface area contributed by atoms with Crippen LogP contribution < -0.4 is 14.8 Å². The van der Waals surface area contributed by atoms with Crippen LogP contribution in [0.1, 0.15) is 11.1 Å². The second kappa shape index (κ2) is 4.53. The highest BCUT2D eigenvalue weighted by molar-refractivity contribution is 5.53. The van der Waals surface area contributed by atoms with Crippen LogP contribution in [0.5, 0.6) is 11.5 Å². The molecule has 2 rings (SSSR count). The molecule has 0 saturated heterocycles. The highest BCUT2D eigenvalue weighted by Crippen LogP contribution is 2.38. The molecule has 0 radical (unpaired) electrons. The van der Waals surface area contributed by atoms with Gasteiger partial charge < -0.3 is 14.8 Å². The van der Waals surface area contributed by atoms with Gasteiger partial charge >= 0.3 is 0 Å². The summed E-state index contributed by atoms with van der Waals surface area (Å²) in [7, 11) is 3.66. The first-order valence-electron chi connectivity index (χ1n) is 5.33. The molecule has 0 bridgehead atoms. The molecule has 1 aromatic rings. The lowest BCUT2D eigenvalue weighted by atomic mass is 10.1. The number of methoxy groups -OCH3 is 1. The molecule has 0 unspecified atom stereocenters. The molecule has 0 fully saturated rings. The van der Waals surface area contributed by atoms with E-state index in [1.165, 1.54) is 11.1 Å². The average molecular weight is 207 g/mol. The van der Waals surface area contributed by atoms with Crippen molar-refractivity contribution in [3.63, 3.8) is 0 Å². The molecular formula is C12H17NO2. The van der Waals surface area contributed by atoms with Gasteiger partial charge in [-0.3, -0.25) is 0 Å². The van der Waals surface area contributed by atoms with Gasteiger partial charge in [-0.15, -0.1) is 0 Å². The van der Waals surface area contributed by atoms with E-state index in [1.54, 1.807) is 7.11 Å². The van der Waals surface area contributed by atoms with Crippen LogP contribution in [-0.4, -0.2) is 27.3 Å². The molecule has 0 atom stereocenters. The third-order valence-corrected chi connectivity index (χ3v) is 2.74. The van der Waals surface area contributed by atoms with E-state index in [4.69, 9.17) is 9.47 Å². The van der Waals surface area contributed by atoms with Crippen molar-refractivity contribution in [2.45, 2.75) is 12.8 Å². The molecule has 15 heavy (non-hydrogen) atoms. The van der Waals surface area contributed by atoms with Gasteiger partial charge in [-0.25, -0.2) is 0 Å². The van der Waals surface area contributed by atoms with Gasteiger partial charge in [0.25, 0.3) is 0 Å². The molecular weight excluding hydrogens is 190 g/mol. The lowest BCUT2D eigenvalue weighted by Crippen LogP contribution is -2.11. The number of rotatable bonds is 4. The molecule has 0 aromatic heterocycles. The fourth-order valence-corrected chi connectivity index (χ4v) is 1.94. The fraction of sp³-hybridized carbons (Fsp3) is 0.500. The monoisotopic (exact) mass is 207 g/mol. The van der Waals surface area contributed by atoms with Crippen LogP contribution >= 0.6 is 0 Å². The lowest BCUT2D eigenvalue weighted by Gasteiger charge is -2.12. The van der Waals surface area contributed by atoms with E-state index in [1.807, 2.05) is 7.05 Å². The summed E-state index contributed by atoms with van der Waals surface area (Å²) in [5.74, 6) is 1.87. The smallest absolute Gasteiger partial charge is 0.164 e. The molecule has 0 spiro atoms. The molecule has 1 aliphatic heterocycles. The Morgan fingerprint density at radius 1 is 1.47 bits per heavy atom. The number of ether oxygens (including phenoxy) is 2. The number of benzene rings is 1. The zero-order valence-corrected chi connectivity index (χ0v) is 9.30. The Morgan fingerprint density at radius 3 is 3.07 bits per heavy atom. The Balaban J connectivity index is 2.30. The first-order chi connectivity index (χ1) is 7.36. The van der Waals surface area contributed by atoms with Gasteiger partial charge in [0.15, 0.2) is 11.5 Å². The van der Waals surface area contributed by atoms with E-state index >= 15 is 0 Å². The SMILES string of the molecule is CNCCc1ccc2c(c1OC)OCC2. The first-order valence-corrected chi connectivity index (χ1v) is 5.33. The molecule has 82 valence electrons. The van der Waals surface area contributed by atoms with E-state index in [9.17, 15) is 0 Å². The normalized spacial score (nSPS) is 13.5. The Hall–Kier alpha value is -1.22. The quantitative estimate of drug-likeness (QED) is 0.809. The van der Waals surface area contributed by atoms with E-state index in [2.05, 4.69) is 17.4 Å². The van der Waals surface area contributed by atoms with E-state index in [-0.39, 0.29) is 0 Å². The number of likely N-dealkylation sites (N-methyl/N-ethyl adjacent to an activating group) is 1. The molecule has 0 aliphatic carbocycles. The van der Waals surface area contributed by atoms with Crippen LogP contribution in [0.2, 0.25) is 0 Å². The first kappa shape index (κ1) is 10.3. The van der Waals surface area contributed by atoms with E-state index in [0.29, 0.717) is 0 Å².